The van der Waals surface area contributed by atoms with Crippen molar-refractivity contribution < 1.29 is 19.0 Å². The zero-order chi connectivity index (χ0) is 23.1. The van der Waals surface area contributed by atoms with Crippen LogP contribution < -0.4 is 26.0 Å². The van der Waals surface area contributed by atoms with Gasteiger partial charge in [0.05, 0.1) is 5.69 Å². The number of nitrogens with zero attached hydrogens (tertiary/aromatic N) is 3. The molecule has 172 valence electrons. The first-order chi connectivity index (χ1) is 16.0. The summed E-state index contributed by atoms with van der Waals surface area (Å²) < 4.78 is 20.9. The van der Waals surface area contributed by atoms with Crippen LogP contribution in [0.2, 0.25) is 0 Å². The molecule has 3 aromatic rings. The molecule has 0 saturated carbocycles. The molecule has 0 radical (unpaired) electrons. The number of nitrogens with one attached hydrogen (secondary N) is 2. The van der Waals surface area contributed by atoms with E-state index in [0.29, 0.717) is 59.6 Å². The van der Waals surface area contributed by atoms with Crippen molar-refractivity contribution in [2.75, 3.05) is 42.2 Å². The summed E-state index contributed by atoms with van der Waals surface area (Å²) in [7, 11) is 0. The van der Waals surface area contributed by atoms with E-state index in [2.05, 4.69) is 20.6 Å². The van der Waals surface area contributed by atoms with Crippen molar-refractivity contribution in [3.8, 4) is 17.0 Å². The second-order valence-corrected chi connectivity index (χ2v) is 8.30. The number of rotatable bonds is 3. The van der Waals surface area contributed by atoms with E-state index in [4.69, 9.17) is 10.5 Å². The lowest BCUT2D eigenvalue weighted by molar-refractivity contribution is 0.196. The Morgan fingerprint density at radius 2 is 2.00 bits per heavy atom. The van der Waals surface area contributed by atoms with Crippen LogP contribution in [-0.2, 0) is 0 Å². The molecular weight excluding hydrogens is 427 g/mol. The number of hydrogen-bond donors (Lipinski definition) is 4. The highest BCUT2D eigenvalue weighted by molar-refractivity contribution is 5.99. The normalized spacial score (nSPS) is 16.1. The van der Waals surface area contributed by atoms with E-state index >= 15 is 4.39 Å². The fraction of sp³-hybridized carbons (Fsp3) is 0.348. The highest BCUT2D eigenvalue weighted by Gasteiger charge is 2.28. The first kappa shape index (κ1) is 21.2. The molecule has 0 bridgehead atoms. The van der Waals surface area contributed by atoms with Gasteiger partial charge in [0.1, 0.15) is 18.1 Å². The van der Waals surface area contributed by atoms with Crippen molar-refractivity contribution in [1.82, 2.24) is 15.3 Å². The first-order valence-electron chi connectivity index (χ1n) is 10.9. The number of halogens is 1. The smallest absolute Gasteiger partial charge is 0.413 e. The summed E-state index contributed by atoms with van der Waals surface area (Å²) in [4.78, 5) is 22.0. The maximum absolute atomic E-state index is 15.4. The maximum Gasteiger partial charge on any atom is 0.413 e. The number of aromatic nitrogens is 2. The number of amides is 1. The molecule has 0 unspecified atom stereocenters. The fourth-order valence-corrected chi connectivity index (χ4v) is 4.61. The van der Waals surface area contributed by atoms with Gasteiger partial charge in [-0.1, -0.05) is 0 Å². The Labute approximate surface area is 189 Å². The highest BCUT2D eigenvalue weighted by Crippen LogP contribution is 2.40. The number of hydrogen-bond acceptors (Lipinski definition) is 7. The maximum atomic E-state index is 15.4. The number of fused-ring (bicyclic) bond motifs is 2. The predicted molar refractivity (Wildman–Crippen MR) is 124 cm³/mol. The van der Waals surface area contributed by atoms with Crippen LogP contribution in [0.15, 0.2) is 24.5 Å². The molecule has 1 amide bonds. The number of carbonyl (C=O) groups is 1. The Bertz CT molecular complexity index is 1240. The van der Waals surface area contributed by atoms with Gasteiger partial charge in [-0.05, 0) is 55.9 Å². The summed E-state index contributed by atoms with van der Waals surface area (Å²) in [6, 6.07) is 3.16. The number of benzene rings is 1. The molecule has 0 aliphatic carbocycles. The van der Waals surface area contributed by atoms with Crippen molar-refractivity contribution in [2.45, 2.75) is 25.8 Å². The number of nitrogen functional groups attached to an aromatic ring is 1. The second-order valence-electron chi connectivity index (χ2n) is 8.30. The number of piperidine rings is 1. The molecule has 1 saturated heterocycles. The Balaban J connectivity index is 1.63. The average molecular weight is 452 g/mol. The standard InChI is InChI=1S/C23H25FN6O3/c1-12-16(10-29-22-21(12)27-6-7-33-22)15-8-13-9-18(28-11-17(13)20(25)19(15)24)30(23(31)32)14-2-4-26-5-3-14/h8-11,14,26-27H,2-7,25H2,1H3,(H,31,32). The first-order valence-corrected chi connectivity index (χ1v) is 10.9. The van der Waals surface area contributed by atoms with Crippen molar-refractivity contribution in [3.63, 3.8) is 0 Å². The second kappa shape index (κ2) is 8.36. The Hall–Kier alpha value is -3.66. The zero-order valence-corrected chi connectivity index (χ0v) is 18.2. The van der Waals surface area contributed by atoms with E-state index in [-0.39, 0.29) is 11.7 Å². The quantitative estimate of drug-likeness (QED) is 0.446. The predicted octanol–water partition coefficient (Wildman–Crippen LogP) is 3.37. The van der Waals surface area contributed by atoms with Gasteiger partial charge in [0, 0.05) is 41.5 Å². The van der Waals surface area contributed by atoms with Crippen LogP contribution in [0.5, 0.6) is 5.88 Å². The van der Waals surface area contributed by atoms with E-state index in [9.17, 15) is 9.90 Å². The highest BCUT2D eigenvalue weighted by atomic mass is 19.1. The molecule has 5 rings (SSSR count). The van der Waals surface area contributed by atoms with E-state index in [1.165, 1.54) is 11.1 Å². The number of ether oxygens (including phenoxy) is 1. The molecule has 2 aliphatic heterocycles. The monoisotopic (exact) mass is 452 g/mol. The number of carboxylic acid groups (broad SMARTS) is 1. The summed E-state index contributed by atoms with van der Waals surface area (Å²) in [6.45, 7) is 4.51. The number of anilines is 3. The fourth-order valence-electron chi connectivity index (χ4n) is 4.61. The molecular formula is C23H25FN6O3. The molecule has 2 aromatic heterocycles. The third-order valence-corrected chi connectivity index (χ3v) is 6.35. The van der Waals surface area contributed by atoms with Gasteiger partial charge < -0.3 is 26.2 Å². The average Bonchev–Trinajstić information content (AvgIpc) is 2.83. The summed E-state index contributed by atoms with van der Waals surface area (Å²) in [5.74, 6) is 0.225. The third-order valence-electron chi connectivity index (χ3n) is 6.35. The molecule has 0 atom stereocenters. The molecule has 5 N–H and O–H groups in total. The van der Waals surface area contributed by atoms with Crippen LogP contribution in [0.25, 0.3) is 21.9 Å². The summed E-state index contributed by atoms with van der Waals surface area (Å²) in [5, 5.41) is 17.4. The lowest BCUT2D eigenvalue weighted by atomic mass is 9.97. The van der Waals surface area contributed by atoms with Gasteiger partial charge >= 0.3 is 6.09 Å². The molecule has 0 spiro atoms. The SMILES string of the molecule is Cc1c(-c2cc3cc(N(C(=O)O)C4CCNCC4)ncc3c(N)c2F)cnc2c1NCCO2. The van der Waals surface area contributed by atoms with Crippen LogP contribution in [0, 0.1) is 12.7 Å². The Kier molecular flexibility index (Phi) is 5.37. The van der Waals surface area contributed by atoms with E-state index < -0.39 is 11.9 Å². The molecule has 4 heterocycles. The minimum Gasteiger partial charge on any atom is -0.474 e. The van der Waals surface area contributed by atoms with E-state index in [1.807, 2.05) is 6.92 Å². The Morgan fingerprint density at radius 3 is 2.76 bits per heavy atom. The van der Waals surface area contributed by atoms with Gasteiger partial charge in [-0.15, -0.1) is 0 Å². The topological polar surface area (TPSA) is 126 Å². The van der Waals surface area contributed by atoms with Gasteiger partial charge in [-0.2, -0.15) is 0 Å². The molecule has 33 heavy (non-hydrogen) atoms. The summed E-state index contributed by atoms with van der Waals surface area (Å²) in [6.07, 6.45) is 3.34. The minimum atomic E-state index is -1.06. The molecule has 10 heteroatoms. The van der Waals surface area contributed by atoms with Crippen LogP contribution in [0.1, 0.15) is 18.4 Å². The van der Waals surface area contributed by atoms with E-state index in [0.717, 1.165) is 24.3 Å². The lowest BCUT2D eigenvalue weighted by Crippen LogP contribution is -2.46. The third kappa shape index (κ3) is 3.66. The summed E-state index contributed by atoms with van der Waals surface area (Å²) >= 11 is 0. The van der Waals surface area contributed by atoms with Crippen LogP contribution in [-0.4, -0.2) is 53.5 Å². The van der Waals surface area contributed by atoms with Crippen LogP contribution in [0.4, 0.5) is 26.4 Å². The van der Waals surface area contributed by atoms with Gasteiger partial charge in [0.25, 0.3) is 0 Å². The lowest BCUT2D eigenvalue weighted by Gasteiger charge is -2.31. The minimum absolute atomic E-state index is 0.0355. The van der Waals surface area contributed by atoms with Crippen molar-refractivity contribution in [2.24, 2.45) is 0 Å². The van der Waals surface area contributed by atoms with Crippen LogP contribution >= 0.6 is 0 Å². The van der Waals surface area contributed by atoms with Gasteiger partial charge in [-0.3, -0.25) is 4.90 Å². The Morgan fingerprint density at radius 1 is 1.21 bits per heavy atom. The van der Waals surface area contributed by atoms with Gasteiger partial charge in [0.2, 0.25) is 5.88 Å². The van der Waals surface area contributed by atoms with Crippen molar-refractivity contribution in [1.29, 1.82) is 0 Å². The molecule has 9 nitrogen and oxygen atoms in total. The van der Waals surface area contributed by atoms with Gasteiger partial charge in [0.15, 0.2) is 5.82 Å². The zero-order valence-electron chi connectivity index (χ0n) is 18.2. The van der Waals surface area contributed by atoms with Crippen LogP contribution in [0.3, 0.4) is 0 Å². The van der Waals surface area contributed by atoms with Gasteiger partial charge in [-0.25, -0.2) is 19.2 Å². The summed E-state index contributed by atoms with van der Waals surface area (Å²) in [5.41, 5.74) is 8.54. The van der Waals surface area contributed by atoms with E-state index in [1.54, 1.807) is 18.3 Å². The molecule has 1 aromatic carbocycles. The largest absolute Gasteiger partial charge is 0.474 e. The molecule has 2 aliphatic rings. The van der Waals surface area contributed by atoms with Crippen molar-refractivity contribution in [3.05, 3.63) is 35.9 Å². The van der Waals surface area contributed by atoms with Crippen molar-refractivity contribution >= 4 is 34.1 Å². The molecule has 1 fully saturated rings. The number of pyridine rings is 2. The number of nitrogens with two attached hydrogens (primary N) is 1.